The summed E-state index contributed by atoms with van der Waals surface area (Å²) in [5.41, 5.74) is 1.49. The lowest BCUT2D eigenvalue weighted by Crippen LogP contribution is -2.24. The van der Waals surface area contributed by atoms with Crippen molar-refractivity contribution < 1.29 is 9.90 Å². The largest absolute Gasteiger partial charge is 0.545 e. The van der Waals surface area contributed by atoms with Gasteiger partial charge in [0.1, 0.15) is 0 Å². The molecule has 74 valence electrons. The number of rotatable bonds is 1. The molecule has 1 unspecified atom stereocenters. The third kappa shape index (κ3) is 1.64. The maximum Gasteiger partial charge on any atom is 0.0726 e. The van der Waals surface area contributed by atoms with Gasteiger partial charge in [0.25, 0.3) is 0 Å². The number of aromatic carboxylic acids is 1. The van der Waals surface area contributed by atoms with Gasteiger partial charge in [-0.05, 0) is 18.4 Å². The Kier molecular flexibility index (Phi) is 2.50. The van der Waals surface area contributed by atoms with Gasteiger partial charge in [0.2, 0.25) is 0 Å². The number of fused-ring (bicyclic) bond motifs is 1. The summed E-state index contributed by atoms with van der Waals surface area (Å²) in [5, 5.41) is 11.4. The predicted octanol–water partition coefficient (Wildman–Crippen LogP) is 1.48. The van der Waals surface area contributed by atoms with Crippen LogP contribution in [-0.2, 0) is 6.42 Å². The third-order valence-corrected chi connectivity index (χ3v) is 3.81. The van der Waals surface area contributed by atoms with Crippen LogP contribution in [0.4, 0.5) is 0 Å². The average molecular weight is 207 g/mol. The molecule has 1 aliphatic heterocycles. The molecule has 0 bridgehead atoms. The van der Waals surface area contributed by atoms with Crippen molar-refractivity contribution in [3.05, 3.63) is 29.3 Å². The molecule has 1 atom stereocenters. The fourth-order valence-corrected chi connectivity index (χ4v) is 2.94. The van der Waals surface area contributed by atoms with Crippen molar-refractivity contribution in [2.24, 2.45) is 0 Å². The molecule has 0 aliphatic carbocycles. The second kappa shape index (κ2) is 3.65. The van der Waals surface area contributed by atoms with Gasteiger partial charge in [-0.1, -0.05) is 25.1 Å². The molecule has 1 heterocycles. The molecule has 2 rings (SSSR count). The van der Waals surface area contributed by atoms with E-state index in [0.29, 0.717) is 10.8 Å². The van der Waals surface area contributed by atoms with Crippen molar-refractivity contribution in [3.8, 4) is 0 Å². The van der Waals surface area contributed by atoms with Crippen LogP contribution in [0.15, 0.2) is 23.1 Å². The van der Waals surface area contributed by atoms with E-state index in [9.17, 15) is 9.90 Å². The Morgan fingerprint density at radius 3 is 3.07 bits per heavy atom. The van der Waals surface area contributed by atoms with Crippen molar-refractivity contribution in [2.75, 3.05) is 0 Å². The second-order valence-corrected chi connectivity index (χ2v) is 5.00. The SMILES string of the molecule is CC1CCc2cccc(C(=O)[O-])c2S1. The Morgan fingerprint density at radius 1 is 1.57 bits per heavy atom. The molecule has 3 heteroatoms. The standard InChI is InChI=1S/C11H12O2S/c1-7-5-6-8-3-2-4-9(11(12)13)10(8)14-7/h2-4,7H,5-6H2,1H3,(H,12,13)/p-1. The molecule has 0 fully saturated rings. The van der Waals surface area contributed by atoms with Crippen LogP contribution in [0.5, 0.6) is 0 Å². The monoisotopic (exact) mass is 207 g/mol. The molecule has 2 nitrogen and oxygen atoms in total. The average Bonchev–Trinajstić information content (AvgIpc) is 2.16. The number of carbonyl (C=O) groups excluding carboxylic acids is 1. The van der Waals surface area contributed by atoms with E-state index in [0.717, 1.165) is 23.3 Å². The van der Waals surface area contributed by atoms with Gasteiger partial charge in [-0.25, -0.2) is 0 Å². The summed E-state index contributed by atoms with van der Waals surface area (Å²) >= 11 is 1.65. The zero-order valence-electron chi connectivity index (χ0n) is 7.95. The molecule has 0 saturated heterocycles. The summed E-state index contributed by atoms with van der Waals surface area (Å²) in [6.07, 6.45) is 2.10. The highest BCUT2D eigenvalue weighted by Crippen LogP contribution is 2.37. The lowest BCUT2D eigenvalue weighted by molar-refractivity contribution is -0.255. The second-order valence-electron chi connectivity index (χ2n) is 3.55. The smallest absolute Gasteiger partial charge is 0.0726 e. The quantitative estimate of drug-likeness (QED) is 0.700. The van der Waals surface area contributed by atoms with Crippen LogP contribution in [0.2, 0.25) is 0 Å². The highest BCUT2D eigenvalue weighted by molar-refractivity contribution is 8.00. The first-order valence-electron chi connectivity index (χ1n) is 4.68. The molecular weight excluding hydrogens is 196 g/mol. The number of carbonyl (C=O) groups is 1. The summed E-state index contributed by atoms with van der Waals surface area (Å²) in [4.78, 5) is 11.8. The topological polar surface area (TPSA) is 40.1 Å². The highest BCUT2D eigenvalue weighted by Gasteiger charge is 2.18. The first-order valence-corrected chi connectivity index (χ1v) is 5.56. The van der Waals surface area contributed by atoms with E-state index in [2.05, 4.69) is 6.92 Å². The van der Waals surface area contributed by atoms with Crippen LogP contribution >= 0.6 is 11.8 Å². The fourth-order valence-electron chi connectivity index (χ4n) is 1.70. The Hall–Kier alpha value is -0.960. The van der Waals surface area contributed by atoms with Gasteiger partial charge in [-0.3, -0.25) is 0 Å². The minimum atomic E-state index is -1.07. The van der Waals surface area contributed by atoms with Crippen molar-refractivity contribution in [1.29, 1.82) is 0 Å². The molecule has 0 N–H and O–H groups in total. The van der Waals surface area contributed by atoms with Gasteiger partial charge in [-0.15, -0.1) is 11.8 Å². The van der Waals surface area contributed by atoms with E-state index in [1.807, 2.05) is 6.07 Å². The third-order valence-electron chi connectivity index (χ3n) is 2.46. The van der Waals surface area contributed by atoms with Crippen LogP contribution in [-0.4, -0.2) is 11.2 Å². The van der Waals surface area contributed by atoms with E-state index in [1.54, 1.807) is 23.9 Å². The van der Waals surface area contributed by atoms with Crippen LogP contribution in [0.25, 0.3) is 0 Å². The lowest BCUT2D eigenvalue weighted by atomic mass is 10.0. The van der Waals surface area contributed by atoms with Gasteiger partial charge >= 0.3 is 0 Å². The van der Waals surface area contributed by atoms with Crippen molar-refractivity contribution in [1.82, 2.24) is 0 Å². The van der Waals surface area contributed by atoms with E-state index in [-0.39, 0.29) is 0 Å². The van der Waals surface area contributed by atoms with E-state index >= 15 is 0 Å². The highest BCUT2D eigenvalue weighted by atomic mass is 32.2. The molecular formula is C11H11O2S-. The molecule has 1 aromatic carbocycles. The van der Waals surface area contributed by atoms with Crippen LogP contribution in [0.1, 0.15) is 29.3 Å². The minimum absolute atomic E-state index is 0.346. The van der Waals surface area contributed by atoms with Crippen LogP contribution < -0.4 is 5.11 Å². The van der Waals surface area contributed by atoms with Gasteiger partial charge in [-0.2, -0.15) is 0 Å². The summed E-state index contributed by atoms with van der Waals surface area (Å²) in [5.74, 6) is -1.07. The Labute approximate surface area is 87.3 Å². The molecule has 1 aliphatic rings. The predicted molar refractivity (Wildman–Crippen MR) is 54.4 cm³/mol. The summed E-state index contributed by atoms with van der Waals surface area (Å²) in [6.45, 7) is 2.12. The van der Waals surface area contributed by atoms with Gasteiger partial charge in [0.15, 0.2) is 0 Å². The van der Waals surface area contributed by atoms with Gasteiger partial charge < -0.3 is 9.90 Å². The summed E-state index contributed by atoms with van der Waals surface area (Å²) in [7, 11) is 0. The van der Waals surface area contributed by atoms with E-state index < -0.39 is 5.97 Å². The van der Waals surface area contributed by atoms with E-state index in [1.165, 1.54) is 0 Å². The van der Waals surface area contributed by atoms with Crippen molar-refractivity contribution in [3.63, 3.8) is 0 Å². The molecule has 14 heavy (non-hydrogen) atoms. The first kappa shape index (κ1) is 9.59. The number of thioether (sulfide) groups is 1. The fraction of sp³-hybridized carbons (Fsp3) is 0.364. The first-order chi connectivity index (χ1) is 6.68. The molecule has 0 aromatic heterocycles. The zero-order valence-corrected chi connectivity index (χ0v) is 8.76. The number of benzene rings is 1. The Balaban J connectivity index is 2.48. The minimum Gasteiger partial charge on any atom is -0.545 e. The number of aryl methyl sites for hydroxylation is 1. The maximum absolute atomic E-state index is 10.9. The molecule has 1 aromatic rings. The van der Waals surface area contributed by atoms with Gasteiger partial charge in [0.05, 0.1) is 5.97 Å². The Bertz CT molecular complexity index is 374. The van der Waals surface area contributed by atoms with E-state index in [4.69, 9.17) is 0 Å². The number of hydrogen-bond donors (Lipinski definition) is 0. The van der Waals surface area contributed by atoms with Crippen molar-refractivity contribution in [2.45, 2.75) is 29.9 Å². The van der Waals surface area contributed by atoms with Gasteiger partial charge in [0, 0.05) is 15.7 Å². The number of carboxylic acid groups (broad SMARTS) is 1. The molecule has 0 spiro atoms. The zero-order chi connectivity index (χ0) is 10.1. The normalized spacial score (nSPS) is 20.2. The molecule has 0 amide bonds. The number of carboxylic acids is 1. The van der Waals surface area contributed by atoms with Crippen molar-refractivity contribution >= 4 is 17.7 Å². The van der Waals surface area contributed by atoms with Crippen LogP contribution in [0.3, 0.4) is 0 Å². The number of hydrogen-bond acceptors (Lipinski definition) is 3. The molecule has 0 radical (unpaired) electrons. The maximum atomic E-state index is 10.9. The summed E-state index contributed by atoms with van der Waals surface area (Å²) in [6, 6.07) is 5.42. The Morgan fingerprint density at radius 2 is 2.36 bits per heavy atom. The lowest BCUT2D eigenvalue weighted by Gasteiger charge is -2.23. The summed E-state index contributed by atoms with van der Waals surface area (Å²) < 4.78 is 0. The molecule has 0 saturated carbocycles. The van der Waals surface area contributed by atoms with Crippen LogP contribution in [0, 0.1) is 0 Å².